The SMILES string of the molecule is CCCc1ccc(OCc2c(F)c(OC(F)(F)F)c(OC)c3cc(C)oc23)c(F)c1F. The van der Waals surface area contributed by atoms with Crippen molar-refractivity contribution in [2.45, 2.75) is 39.7 Å². The van der Waals surface area contributed by atoms with Gasteiger partial charge in [-0.1, -0.05) is 19.4 Å². The van der Waals surface area contributed by atoms with E-state index in [1.165, 1.54) is 25.1 Å². The fourth-order valence-electron chi connectivity index (χ4n) is 3.20. The van der Waals surface area contributed by atoms with Gasteiger partial charge in [-0.3, -0.25) is 0 Å². The van der Waals surface area contributed by atoms with Crippen molar-refractivity contribution >= 4 is 11.0 Å². The number of ether oxygens (including phenoxy) is 3. The molecule has 0 radical (unpaired) electrons. The van der Waals surface area contributed by atoms with E-state index in [2.05, 4.69) is 4.74 Å². The van der Waals surface area contributed by atoms with Crippen molar-refractivity contribution in [3.05, 3.63) is 52.5 Å². The number of alkyl halides is 3. The second kappa shape index (κ2) is 8.60. The first-order valence-corrected chi connectivity index (χ1v) is 9.21. The highest BCUT2D eigenvalue weighted by Gasteiger charge is 2.36. The molecule has 0 saturated carbocycles. The monoisotopic (exact) mass is 448 g/mol. The lowest BCUT2D eigenvalue weighted by Gasteiger charge is -2.17. The molecule has 1 heterocycles. The predicted octanol–water partition coefficient (Wildman–Crippen LogP) is 6.60. The Bertz CT molecular complexity index is 1100. The lowest BCUT2D eigenvalue weighted by atomic mass is 10.1. The predicted molar refractivity (Wildman–Crippen MR) is 98.8 cm³/mol. The smallest absolute Gasteiger partial charge is 0.492 e. The van der Waals surface area contributed by atoms with Crippen molar-refractivity contribution in [3.8, 4) is 17.2 Å². The molecule has 0 amide bonds. The van der Waals surface area contributed by atoms with Crippen LogP contribution in [-0.2, 0) is 13.0 Å². The third-order valence-corrected chi connectivity index (χ3v) is 4.48. The third kappa shape index (κ3) is 4.52. The minimum absolute atomic E-state index is 0.00389. The van der Waals surface area contributed by atoms with Gasteiger partial charge < -0.3 is 18.6 Å². The fraction of sp³-hybridized carbons (Fsp3) is 0.333. The van der Waals surface area contributed by atoms with E-state index in [1.54, 1.807) is 6.92 Å². The number of fused-ring (bicyclic) bond motifs is 1. The van der Waals surface area contributed by atoms with Crippen LogP contribution in [0.2, 0.25) is 0 Å². The highest BCUT2D eigenvalue weighted by Crippen LogP contribution is 2.44. The third-order valence-electron chi connectivity index (χ3n) is 4.48. The zero-order valence-corrected chi connectivity index (χ0v) is 16.8. The molecule has 10 heteroatoms. The van der Waals surface area contributed by atoms with Crippen molar-refractivity contribution < 1.29 is 45.0 Å². The van der Waals surface area contributed by atoms with Crippen molar-refractivity contribution in [2.24, 2.45) is 0 Å². The molecule has 0 aliphatic heterocycles. The number of halogens is 6. The van der Waals surface area contributed by atoms with Crippen molar-refractivity contribution in [1.29, 1.82) is 0 Å². The summed E-state index contributed by atoms with van der Waals surface area (Å²) in [6, 6.07) is 3.83. The lowest BCUT2D eigenvalue weighted by Crippen LogP contribution is -2.19. The Morgan fingerprint density at radius 2 is 1.71 bits per heavy atom. The van der Waals surface area contributed by atoms with Gasteiger partial charge in [0.1, 0.15) is 18.0 Å². The van der Waals surface area contributed by atoms with Gasteiger partial charge in [0.2, 0.25) is 11.6 Å². The Kier molecular flexibility index (Phi) is 6.28. The summed E-state index contributed by atoms with van der Waals surface area (Å²) in [6.45, 7) is 2.54. The van der Waals surface area contributed by atoms with Gasteiger partial charge in [0, 0.05) is 0 Å². The van der Waals surface area contributed by atoms with E-state index >= 15 is 4.39 Å². The Hall–Kier alpha value is -3.04. The van der Waals surface area contributed by atoms with Gasteiger partial charge in [0.05, 0.1) is 18.1 Å². The highest BCUT2D eigenvalue weighted by molar-refractivity contribution is 5.90. The van der Waals surface area contributed by atoms with Gasteiger partial charge >= 0.3 is 6.36 Å². The van der Waals surface area contributed by atoms with Crippen LogP contribution in [0.4, 0.5) is 26.3 Å². The fourth-order valence-corrected chi connectivity index (χ4v) is 3.20. The van der Waals surface area contributed by atoms with E-state index in [1.807, 2.05) is 0 Å². The van der Waals surface area contributed by atoms with E-state index in [0.717, 1.165) is 7.11 Å². The molecule has 0 bridgehead atoms. The Morgan fingerprint density at radius 1 is 1.00 bits per heavy atom. The number of hydrogen-bond donors (Lipinski definition) is 0. The Labute approximate surface area is 173 Å². The first-order chi connectivity index (χ1) is 14.6. The van der Waals surface area contributed by atoms with Crippen molar-refractivity contribution in [3.63, 3.8) is 0 Å². The van der Waals surface area contributed by atoms with Crippen LogP contribution in [0.1, 0.15) is 30.2 Å². The molecule has 3 aromatic rings. The molecular weight excluding hydrogens is 430 g/mol. The molecule has 0 aliphatic rings. The van der Waals surface area contributed by atoms with Crippen LogP contribution in [0.3, 0.4) is 0 Å². The normalized spacial score (nSPS) is 11.8. The lowest BCUT2D eigenvalue weighted by molar-refractivity contribution is -0.276. The second-order valence-corrected chi connectivity index (χ2v) is 6.69. The molecule has 4 nitrogen and oxygen atoms in total. The van der Waals surface area contributed by atoms with Crippen LogP contribution < -0.4 is 14.2 Å². The molecule has 0 unspecified atom stereocenters. The molecule has 168 valence electrons. The van der Waals surface area contributed by atoms with E-state index in [-0.39, 0.29) is 22.3 Å². The van der Waals surface area contributed by atoms with E-state index in [0.29, 0.717) is 12.8 Å². The van der Waals surface area contributed by atoms with Crippen LogP contribution >= 0.6 is 0 Å². The molecule has 0 atom stereocenters. The van der Waals surface area contributed by atoms with Gasteiger partial charge in [0.15, 0.2) is 23.1 Å². The van der Waals surface area contributed by atoms with Crippen molar-refractivity contribution in [2.75, 3.05) is 7.11 Å². The average Bonchev–Trinajstić information content (AvgIpc) is 3.07. The van der Waals surface area contributed by atoms with Crippen LogP contribution in [-0.4, -0.2) is 13.5 Å². The van der Waals surface area contributed by atoms with Gasteiger partial charge in [-0.05, 0) is 31.0 Å². The van der Waals surface area contributed by atoms with Crippen molar-refractivity contribution in [1.82, 2.24) is 0 Å². The summed E-state index contributed by atoms with van der Waals surface area (Å²) in [5, 5.41) is 0.00389. The van der Waals surface area contributed by atoms with Gasteiger partial charge in [0.25, 0.3) is 0 Å². The Morgan fingerprint density at radius 3 is 2.32 bits per heavy atom. The number of benzene rings is 2. The molecule has 0 saturated heterocycles. The number of hydrogen-bond acceptors (Lipinski definition) is 4. The summed E-state index contributed by atoms with van der Waals surface area (Å²) in [4.78, 5) is 0. The molecule has 31 heavy (non-hydrogen) atoms. The van der Waals surface area contributed by atoms with Gasteiger partial charge in [-0.15, -0.1) is 13.2 Å². The summed E-state index contributed by atoms with van der Waals surface area (Å²) >= 11 is 0. The summed E-state index contributed by atoms with van der Waals surface area (Å²) in [5.41, 5.74) is -0.488. The standard InChI is InChI=1S/C21H18F6O4/c1-4-5-11-6-7-14(17(24)15(11)22)29-9-13-16(23)20(31-21(25,26)27)19(28-3)12-8-10(2)30-18(12)13/h6-8H,4-5,9H2,1-3H3. The maximum atomic E-state index is 15.0. The number of methoxy groups -OCH3 is 1. The molecule has 2 aromatic carbocycles. The summed E-state index contributed by atoms with van der Waals surface area (Å²) in [7, 11) is 1.05. The Balaban J connectivity index is 2.06. The minimum atomic E-state index is -5.21. The zero-order valence-electron chi connectivity index (χ0n) is 16.8. The molecule has 0 N–H and O–H groups in total. The van der Waals surface area contributed by atoms with E-state index in [4.69, 9.17) is 13.9 Å². The summed E-state index contributed by atoms with van der Waals surface area (Å²) < 4.78 is 101. The summed E-state index contributed by atoms with van der Waals surface area (Å²) in [6.07, 6.45) is -4.31. The van der Waals surface area contributed by atoms with E-state index < -0.39 is 53.2 Å². The molecule has 0 aliphatic carbocycles. The second-order valence-electron chi connectivity index (χ2n) is 6.69. The van der Waals surface area contributed by atoms with Gasteiger partial charge in [-0.25, -0.2) is 8.78 Å². The van der Waals surface area contributed by atoms with Crippen LogP contribution in [0.5, 0.6) is 17.2 Å². The first kappa shape index (κ1) is 22.6. The largest absolute Gasteiger partial charge is 0.573 e. The highest BCUT2D eigenvalue weighted by atomic mass is 19.4. The number of rotatable bonds is 7. The topological polar surface area (TPSA) is 40.8 Å². The maximum Gasteiger partial charge on any atom is 0.573 e. The maximum absolute atomic E-state index is 15.0. The molecule has 1 aromatic heterocycles. The summed E-state index contributed by atoms with van der Waals surface area (Å²) in [5.74, 6) is -5.85. The average molecular weight is 448 g/mol. The van der Waals surface area contributed by atoms with E-state index in [9.17, 15) is 22.0 Å². The molecule has 0 spiro atoms. The van der Waals surface area contributed by atoms with Crippen LogP contribution in [0.25, 0.3) is 11.0 Å². The van der Waals surface area contributed by atoms with Gasteiger partial charge in [-0.2, -0.15) is 4.39 Å². The molecule has 0 fully saturated rings. The first-order valence-electron chi connectivity index (χ1n) is 9.21. The minimum Gasteiger partial charge on any atom is -0.492 e. The van der Waals surface area contributed by atoms with Crippen LogP contribution in [0, 0.1) is 24.4 Å². The number of aryl methyl sites for hydroxylation is 2. The zero-order chi connectivity index (χ0) is 22.9. The van der Waals surface area contributed by atoms with Crippen LogP contribution in [0.15, 0.2) is 22.6 Å². The number of furan rings is 1. The molecule has 3 rings (SSSR count). The molecular formula is C21H18F6O4. The quantitative estimate of drug-likeness (QED) is 0.382.